The number of amides is 4. The molecule has 0 spiro atoms. The van der Waals surface area contributed by atoms with Crippen LogP contribution >= 0.6 is 11.6 Å². The number of aliphatic carboxylic acids is 2. The van der Waals surface area contributed by atoms with Crippen LogP contribution in [0.1, 0.15) is 40.9 Å². The summed E-state index contributed by atoms with van der Waals surface area (Å²) in [6, 6.07) is 16.4. The number of rotatable bonds is 16. The third kappa shape index (κ3) is 11.2. The summed E-state index contributed by atoms with van der Waals surface area (Å²) >= 11 is 6.09. The number of fused-ring (bicyclic) bond motifs is 2. The van der Waals surface area contributed by atoms with E-state index in [1.807, 2.05) is 24.3 Å². The predicted octanol–water partition coefficient (Wildman–Crippen LogP) is 5.29. The number of carboxylic acid groups (broad SMARTS) is 2. The molecule has 0 unspecified atom stereocenters. The number of nitrogens with one attached hydrogen (secondary N) is 5. The van der Waals surface area contributed by atoms with Crippen LogP contribution in [-0.4, -0.2) is 76.0 Å². The Bertz CT molecular complexity index is 2350. The minimum absolute atomic E-state index is 0.0640. The fourth-order valence-corrected chi connectivity index (χ4v) is 6.10. The first-order chi connectivity index (χ1) is 27.0. The fraction of sp³-hybridized carbons (Fsp3) is 0.231. The quantitative estimate of drug-likeness (QED) is 0.0688. The van der Waals surface area contributed by atoms with Crippen LogP contribution in [0.25, 0.3) is 21.7 Å². The molecule has 14 nitrogen and oxygen atoms in total. The molecule has 4 amide bonds. The summed E-state index contributed by atoms with van der Waals surface area (Å²) in [7, 11) is 1.10. The Labute approximate surface area is 326 Å². The normalized spacial score (nSPS) is 12.9. The standard InChI is InChI=1S/C39H35ClF3N5O9/c1-57-27-17-24(39(41,42)43)16-26(18-27)44-35(53)29(10-11-33(49)50)46-38(56)32(19-34(51)52)48-36(54)30(13-20-6-7-21-4-2-3-5-22(21)12-20)47-37(55)31-15-23-14-25(40)8-9-28(23)45-31/h2-9,12,14-18,29-30,32,45H,10-11,13,19H2,1H3,(H,44,53)(H,46,56)(H,47,55)(H,48,54)(H,49,50)(H,51,52)/t29-,30-,32-/m0/s1. The number of hydrogen-bond donors (Lipinski definition) is 7. The molecule has 57 heavy (non-hydrogen) atoms. The average molecular weight is 810 g/mol. The number of carbonyl (C=O) groups is 6. The summed E-state index contributed by atoms with van der Waals surface area (Å²) in [4.78, 5) is 80.7. The van der Waals surface area contributed by atoms with Crippen molar-refractivity contribution >= 4 is 74.5 Å². The van der Waals surface area contributed by atoms with Gasteiger partial charge in [-0.25, -0.2) is 0 Å². The van der Waals surface area contributed by atoms with E-state index in [1.54, 1.807) is 36.4 Å². The van der Waals surface area contributed by atoms with Crippen LogP contribution in [0.15, 0.2) is 84.9 Å². The lowest BCUT2D eigenvalue weighted by molar-refractivity contribution is -0.141. The van der Waals surface area contributed by atoms with Crippen LogP contribution in [0.3, 0.4) is 0 Å². The summed E-state index contributed by atoms with van der Waals surface area (Å²) in [6.45, 7) is 0. The molecule has 18 heteroatoms. The molecule has 5 rings (SSSR count). The second kappa shape index (κ2) is 17.9. The molecule has 1 heterocycles. The van der Waals surface area contributed by atoms with Crippen molar-refractivity contribution in [1.29, 1.82) is 0 Å². The van der Waals surface area contributed by atoms with Gasteiger partial charge in [0, 0.05) is 40.5 Å². The molecule has 0 aliphatic rings. The van der Waals surface area contributed by atoms with Gasteiger partial charge in [-0.2, -0.15) is 13.2 Å². The first-order valence-electron chi connectivity index (χ1n) is 17.2. The Kier molecular flexibility index (Phi) is 13.0. The van der Waals surface area contributed by atoms with E-state index in [0.717, 1.165) is 23.9 Å². The van der Waals surface area contributed by atoms with Gasteiger partial charge in [-0.3, -0.25) is 28.8 Å². The number of ether oxygens (including phenoxy) is 1. The lowest BCUT2D eigenvalue weighted by Crippen LogP contribution is -2.57. The maximum Gasteiger partial charge on any atom is 0.416 e. The molecule has 0 fully saturated rings. The number of hydrogen-bond acceptors (Lipinski definition) is 7. The van der Waals surface area contributed by atoms with Gasteiger partial charge in [0.15, 0.2) is 0 Å². The number of alkyl halides is 3. The zero-order valence-corrected chi connectivity index (χ0v) is 30.7. The molecule has 0 bridgehead atoms. The average Bonchev–Trinajstić information content (AvgIpc) is 3.58. The first-order valence-corrected chi connectivity index (χ1v) is 17.5. The Hall–Kier alpha value is -6.62. The maximum atomic E-state index is 14.0. The van der Waals surface area contributed by atoms with E-state index in [0.29, 0.717) is 33.6 Å². The van der Waals surface area contributed by atoms with Gasteiger partial charge in [0.2, 0.25) is 17.7 Å². The molecule has 0 aliphatic heterocycles. The van der Waals surface area contributed by atoms with E-state index >= 15 is 0 Å². The van der Waals surface area contributed by atoms with Crippen LogP contribution in [0, 0.1) is 0 Å². The Morgan fingerprint density at radius 3 is 2.14 bits per heavy atom. The van der Waals surface area contributed by atoms with Crippen LogP contribution in [0.5, 0.6) is 5.75 Å². The monoisotopic (exact) mass is 809 g/mol. The largest absolute Gasteiger partial charge is 0.497 e. The highest BCUT2D eigenvalue weighted by Gasteiger charge is 2.34. The van der Waals surface area contributed by atoms with Crippen molar-refractivity contribution < 1.29 is 56.9 Å². The highest BCUT2D eigenvalue weighted by molar-refractivity contribution is 6.31. The molecular formula is C39H35ClF3N5O9. The molecule has 5 aromatic rings. The molecule has 0 radical (unpaired) electrons. The Balaban J connectivity index is 1.40. The van der Waals surface area contributed by atoms with Crippen LogP contribution in [-0.2, 0) is 36.6 Å². The SMILES string of the molecule is COc1cc(NC(=O)[C@H](CCC(=O)O)NC(=O)[C@H](CC(=O)O)NC(=O)[C@H](Cc2ccc3ccccc3c2)NC(=O)c2cc3cc(Cl)ccc3[nH]2)cc(C(F)(F)F)c1. The number of H-pyrrole nitrogens is 1. The van der Waals surface area contributed by atoms with E-state index in [4.69, 9.17) is 16.3 Å². The third-order valence-corrected chi connectivity index (χ3v) is 8.97. The number of methoxy groups -OCH3 is 1. The number of aromatic nitrogens is 1. The lowest BCUT2D eigenvalue weighted by atomic mass is 10.0. The zero-order valence-electron chi connectivity index (χ0n) is 29.9. The summed E-state index contributed by atoms with van der Waals surface area (Å²) < 4.78 is 45.4. The minimum atomic E-state index is -4.83. The van der Waals surface area contributed by atoms with E-state index in [1.165, 1.54) is 6.07 Å². The summed E-state index contributed by atoms with van der Waals surface area (Å²) in [6.07, 6.45) is -7.25. The zero-order chi connectivity index (χ0) is 41.4. The molecular weight excluding hydrogens is 775 g/mol. The van der Waals surface area contributed by atoms with Crippen molar-refractivity contribution in [3.63, 3.8) is 0 Å². The van der Waals surface area contributed by atoms with E-state index in [2.05, 4.69) is 26.3 Å². The van der Waals surface area contributed by atoms with Gasteiger partial charge in [-0.1, -0.05) is 54.1 Å². The Morgan fingerprint density at radius 1 is 0.754 bits per heavy atom. The number of anilines is 1. The van der Waals surface area contributed by atoms with E-state index < -0.39 is 90.4 Å². The predicted molar refractivity (Wildman–Crippen MR) is 202 cm³/mol. The van der Waals surface area contributed by atoms with Crippen molar-refractivity contribution in [3.8, 4) is 5.75 Å². The summed E-state index contributed by atoms with van der Waals surface area (Å²) in [5.74, 6) is -7.30. The number of halogens is 4. The second-order valence-electron chi connectivity index (χ2n) is 12.9. The highest BCUT2D eigenvalue weighted by atomic mass is 35.5. The fourth-order valence-electron chi connectivity index (χ4n) is 5.92. The summed E-state index contributed by atoms with van der Waals surface area (Å²) in [5.41, 5.74) is -0.344. The third-order valence-electron chi connectivity index (χ3n) is 8.73. The molecule has 4 aromatic carbocycles. The van der Waals surface area contributed by atoms with Crippen molar-refractivity contribution in [1.82, 2.24) is 20.9 Å². The van der Waals surface area contributed by atoms with Crippen molar-refractivity contribution in [2.24, 2.45) is 0 Å². The van der Waals surface area contributed by atoms with Gasteiger partial charge in [0.05, 0.1) is 19.1 Å². The van der Waals surface area contributed by atoms with Crippen molar-refractivity contribution in [2.45, 2.75) is 50.0 Å². The number of aromatic amines is 1. The molecule has 1 aromatic heterocycles. The molecule has 0 saturated carbocycles. The number of carboxylic acids is 2. The van der Waals surface area contributed by atoms with Gasteiger partial charge < -0.3 is 41.2 Å². The number of carbonyl (C=O) groups excluding carboxylic acids is 4. The molecule has 3 atom stereocenters. The van der Waals surface area contributed by atoms with E-state index in [-0.39, 0.29) is 17.9 Å². The second-order valence-corrected chi connectivity index (χ2v) is 13.4. The Morgan fingerprint density at radius 2 is 1.46 bits per heavy atom. The van der Waals surface area contributed by atoms with Gasteiger partial charge in [-0.15, -0.1) is 0 Å². The van der Waals surface area contributed by atoms with Crippen LogP contribution in [0.2, 0.25) is 5.02 Å². The van der Waals surface area contributed by atoms with Crippen LogP contribution in [0.4, 0.5) is 18.9 Å². The maximum absolute atomic E-state index is 14.0. The van der Waals surface area contributed by atoms with Gasteiger partial charge in [0.25, 0.3) is 5.91 Å². The van der Waals surface area contributed by atoms with Crippen molar-refractivity contribution in [3.05, 3.63) is 107 Å². The van der Waals surface area contributed by atoms with Gasteiger partial charge >= 0.3 is 18.1 Å². The smallest absolute Gasteiger partial charge is 0.416 e. The van der Waals surface area contributed by atoms with Gasteiger partial charge in [-0.05, 0) is 59.2 Å². The highest BCUT2D eigenvalue weighted by Crippen LogP contribution is 2.34. The summed E-state index contributed by atoms with van der Waals surface area (Å²) in [5, 5.41) is 31.1. The molecule has 0 aliphatic carbocycles. The van der Waals surface area contributed by atoms with E-state index in [9.17, 15) is 52.2 Å². The molecule has 7 N–H and O–H groups in total. The lowest BCUT2D eigenvalue weighted by Gasteiger charge is -2.25. The first kappa shape index (κ1) is 41.5. The topological polar surface area (TPSA) is 216 Å². The number of benzene rings is 4. The molecule has 0 saturated heterocycles. The minimum Gasteiger partial charge on any atom is -0.497 e. The van der Waals surface area contributed by atoms with Crippen LogP contribution < -0.4 is 26.0 Å². The molecule has 298 valence electrons. The van der Waals surface area contributed by atoms with Gasteiger partial charge in [0.1, 0.15) is 29.6 Å². The van der Waals surface area contributed by atoms with Crippen molar-refractivity contribution in [2.75, 3.05) is 12.4 Å².